The fourth-order valence-electron chi connectivity index (χ4n) is 3.32. The minimum Gasteiger partial charge on any atom is -0.490 e. The van der Waals surface area contributed by atoms with Crippen molar-refractivity contribution in [2.75, 3.05) is 11.5 Å². The van der Waals surface area contributed by atoms with Crippen molar-refractivity contribution in [3.05, 3.63) is 91.0 Å². The summed E-state index contributed by atoms with van der Waals surface area (Å²) in [6.45, 7) is 2.54. The number of thioether (sulfide) groups is 1. The summed E-state index contributed by atoms with van der Waals surface area (Å²) in [6, 6.07) is 14.7. The molecule has 3 aromatic rings. The van der Waals surface area contributed by atoms with E-state index in [1.807, 2.05) is 19.1 Å². The fourth-order valence-corrected chi connectivity index (χ4v) is 5.51. The third kappa shape index (κ3) is 6.01. The Bertz CT molecular complexity index is 1350. The maximum Gasteiger partial charge on any atom is 0.270 e. The average Bonchev–Trinajstić information content (AvgIpc) is 3.08. The maximum atomic E-state index is 13.7. The van der Waals surface area contributed by atoms with Gasteiger partial charge >= 0.3 is 0 Å². The smallest absolute Gasteiger partial charge is 0.270 e. The summed E-state index contributed by atoms with van der Waals surface area (Å²) in [5.74, 6) is 0.262. The number of carbonyl (C=O) groups excluding carboxylic acids is 1. The molecule has 0 N–H and O–H groups in total. The first kappa shape index (κ1) is 26.0. The molecule has 0 unspecified atom stereocenters. The van der Waals surface area contributed by atoms with Crippen LogP contribution in [0.5, 0.6) is 11.5 Å². The van der Waals surface area contributed by atoms with Crippen molar-refractivity contribution in [2.24, 2.45) is 0 Å². The lowest BCUT2D eigenvalue weighted by molar-refractivity contribution is -0.113. The quantitative estimate of drug-likeness (QED) is 0.198. The molecule has 0 radical (unpaired) electrons. The van der Waals surface area contributed by atoms with Crippen molar-refractivity contribution < 1.29 is 18.7 Å². The Balaban J connectivity index is 1.60. The van der Waals surface area contributed by atoms with Gasteiger partial charge in [-0.3, -0.25) is 9.69 Å². The molecule has 1 aliphatic rings. The van der Waals surface area contributed by atoms with Crippen LogP contribution in [0.15, 0.2) is 64.0 Å². The summed E-state index contributed by atoms with van der Waals surface area (Å²) in [7, 11) is 0. The molecule has 4 rings (SSSR count). The van der Waals surface area contributed by atoms with Crippen molar-refractivity contribution in [2.45, 2.75) is 13.5 Å². The summed E-state index contributed by atoms with van der Waals surface area (Å²) in [5, 5.41) is 0.918. The van der Waals surface area contributed by atoms with Crippen molar-refractivity contribution >= 4 is 85.1 Å². The van der Waals surface area contributed by atoms with Gasteiger partial charge < -0.3 is 9.47 Å². The van der Waals surface area contributed by atoms with E-state index in [0.29, 0.717) is 53.1 Å². The number of ether oxygens (including phenoxy) is 2. The number of amides is 1. The highest BCUT2D eigenvalue weighted by atomic mass is 79.9. The molecule has 0 aromatic heterocycles. The van der Waals surface area contributed by atoms with Gasteiger partial charge in [0.05, 0.1) is 31.7 Å². The van der Waals surface area contributed by atoms with Crippen LogP contribution >= 0.6 is 63.1 Å². The van der Waals surface area contributed by atoms with Crippen LogP contribution in [0.3, 0.4) is 0 Å². The number of halogens is 4. The van der Waals surface area contributed by atoms with E-state index in [1.165, 1.54) is 23.1 Å². The third-order valence-corrected chi connectivity index (χ3v) is 7.49. The van der Waals surface area contributed by atoms with E-state index in [4.69, 9.17) is 44.9 Å². The van der Waals surface area contributed by atoms with E-state index >= 15 is 0 Å². The molecule has 180 valence electrons. The van der Waals surface area contributed by atoms with Gasteiger partial charge in [-0.15, -0.1) is 0 Å². The molecular weight excluding hydrogens is 596 g/mol. The zero-order valence-electron chi connectivity index (χ0n) is 18.2. The third-order valence-electron chi connectivity index (χ3n) is 4.86. The molecule has 0 aliphatic carbocycles. The monoisotopic (exact) mass is 611 g/mol. The molecule has 1 heterocycles. The van der Waals surface area contributed by atoms with Crippen molar-refractivity contribution in [3.63, 3.8) is 0 Å². The zero-order valence-corrected chi connectivity index (χ0v) is 22.9. The van der Waals surface area contributed by atoms with Gasteiger partial charge in [0.15, 0.2) is 15.8 Å². The first-order chi connectivity index (χ1) is 16.8. The molecule has 4 nitrogen and oxygen atoms in total. The molecule has 0 spiro atoms. The number of thiocarbonyl (C=S) groups is 1. The molecule has 1 amide bonds. The lowest BCUT2D eigenvalue weighted by Crippen LogP contribution is -2.27. The van der Waals surface area contributed by atoms with Gasteiger partial charge in [0.25, 0.3) is 5.91 Å². The molecule has 1 saturated heterocycles. The molecule has 0 atom stereocenters. The Hall–Kier alpha value is -2.10. The fraction of sp³-hybridized carbons (Fsp3) is 0.120. The maximum absolute atomic E-state index is 13.7. The molecule has 0 bridgehead atoms. The second-order valence-corrected chi connectivity index (χ2v) is 10.6. The second kappa shape index (κ2) is 11.3. The lowest BCUT2D eigenvalue weighted by Gasteiger charge is -2.15. The normalized spacial score (nSPS) is 14.7. The molecule has 3 aromatic carbocycles. The van der Waals surface area contributed by atoms with Gasteiger partial charge in [-0.1, -0.05) is 59.3 Å². The minimum atomic E-state index is -0.442. The van der Waals surface area contributed by atoms with E-state index < -0.39 is 5.82 Å². The van der Waals surface area contributed by atoms with Crippen LogP contribution < -0.4 is 14.4 Å². The Morgan fingerprint density at radius 3 is 2.63 bits per heavy atom. The Morgan fingerprint density at radius 2 is 1.91 bits per heavy atom. The summed E-state index contributed by atoms with van der Waals surface area (Å²) in [4.78, 5) is 14.8. The van der Waals surface area contributed by atoms with E-state index in [9.17, 15) is 9.18 Å². The minimum absolute atomic E-state index is 0.251. The standard InChI is InChI=1S/C25H17BrCl2FNO3S2/c1-2-32-21-10-15(8-18(26)23(21)33-13-14-6-7-19(27)20(28)9-14)11-22-24(31)30(25(34)35-22)17-5-3-4-16(29)12-17/h3-12H,2,13H2,1H3/b22-11-. The Labute approximate surface area is 230 Å². The highest BCUT2D eigenvalue weighted by Crippen LogP contribution is 2.41. The molecule has 10 heteroatoms. The highest BCUT2D eigenvalue weighted by molar-refractivity contribution is 9.10. The van der Waals surface area contributed by atoms with Crippen LogP contribution in [0, 0.1) is 5.82 Å². The van der Waals surface area contributed by atoms with E-state index in [0.717, 1.165) is 17.3 Å². The largest absolute Gasteiger partial charge is 0.490 e. The second-order valence-electron chi connectivity index (χ2n) is 7.30. The molecule has 0 saturated carbocycles. The SMILES string of the molecule is CCOc1cc(/C=C2\SC(=S)N(c3cccc(F)c3)C2=O)cc(Br)c1OCc1ccc(Cl)c(Cl)c1. The molecule has 1 fully saturated rings. The van der Waals surface area contributed by atoms with E-state index in [-0.39, 0.29) is 12.5 Å². The van der Waals surface area contributed by atoms with E-state index in [1.54, 1.807) is 30.3 Å². The van der Waals surface area contributed by atoms with Crippen molar-refractivity contribution in [1.29, 1.82) is 0 Å². The van der Waals surface area contributed by atoms with Gasteiger partial charge in [-0.2, -0.15) is 0 Å². The highest BCUT2D eigenvalue weighted by Gasteiger charge is 2.33. The summed E-state index contributed by atoms with van der Waals surface area (Å²) >= 11 is 22.2. The Morgan fingerprint density at radius 1 is 1.11 bits per heavy atom. The van der Waals surface area contributed by atoms with Crippen LogP contribution in [-0.2, 0) is 11.4 Å². The first-order valence-electron chi connectivity index (χ1n) is 10.3. The van der Waals surface area contributed by atoms with Gasteiger partial charge in [0.1, 0.15) is 12.4 Å². The average molecular weight is 613 g/mol. The first-order valence-corrected chi connectivity index (χ1v) is 13.1. The number of rotatable bonds is 7. The number of hydrogen-bond donors (Lipinski definition) is 0. The van der Waals surface area contributed by atoms with E-state index in [2.05, 4.69) is 15.9 Å². The van der Waals surface area contributed by atoms with Crippen LogP contribution in [0.4, 0.5) is 10.1 Å². The van der Waals surface area contributed by atoms with Crippen molar-refractivity contribution in [3.8, 4) is 11.5 Å². The predicted molar refractivity (Wildman–Crippen MR) is 148 cm³/mol. The number of carbonyl (C=O) groups is 1. The summed E-state index contributed by atoms with van der Waals surface area (Å²) < 4.78 is 26.5. The van der Waals surface area contributed by atoms with Crippen LogP contribution in [-0.4, -0.2) is 16.8 Å². The van der Waals surface area contributed by atoms with Gasteiger partial charge in [-0.25, -0.2) is 4.39 Å². The lowest BCUT2D eigenvalue weighted by atomic mass is 10.1. The molecule has 1 aliphatic heterocycles. The van der Waals surface area contributed by atoms with Gasteiger partial charge in [0, 0.05) is 0 Å². The topological polar surface area (TPSA) is 38.8 Å². The number of hydrogen-bond acceptors (Lipinski definition) is 5. The number of anilines is 1. The van der Waals surface area contributed by atoms with Crippen LogP contribution in [0.1, 0.15) is 18.1 Å². The Kier molecular flexibility index (Phi) is 8.39. The zero-order chi connectivity index (χ0) is 25.1. The van der Waals surface area contributed by atoms with Gasteiger partial charge in [0.2, 0.25) is 0 Å². The summed E-state index contributed by atoms with van der Waals surface area (Å²) in [5.41, 5.74) is 1.94. The number of nitrogens with zero attached hydrogens (tertiary/aromatic N) is 1. The predicted octanol–water partition coefficient (Wildman–Crippen LogP) is 8.28. The van der Waals surface area contributed by atoms with Crippen LogP contribution in [0.25, 0.3) is 6.08 Å². The summed E-state index contributed by atoms with van der Waals surface area (Å²) in [6.07, 6.45) is 1.72. The van der Waals surface area contributed by atoms with Crippen molar-refractivity contribution in [1.82, 2.24) is 0 Å². The van der Waals surface area contributed by atoms with Gasteiger partial charge in [-0.05, 0) is 82.5 Å². The van der Waals surface area contributed by atoms with Crippen LogP contribution in [0.2, 0.25) is 10.0 Å². The number of benzene rings is 3. The molecular formula is C25H17BrCl2FNO3S2. The molecule has 35 heavy (non-hydrogen) atoms.